The molecule has 3 heterocycles. The number of allylic oxidation sites excluding steroid dienone is 3. The number of aliphatic imine (C=N–C) groups is 2. The quantitative estimate of drug-likeness (QED) is 0.754. The van der Waals surface area contributed by atoms with E-state index in [1.807, 2.05) is 43.2 Å². The number of rotatable bonds is 4. The Morgan fingerprint density at radius 1 is 1.29 bits per heavy atom. The highest BCUT2D eigenvalue weighted by Crippen LogP contribution is 2.29. The summed E-state index contributed by atoms with van der Waals surface area (Å²) in [4.78, 5) is 13.6. The molecule has 0 aromatic carbocycles. The summed E-state index contributed by atoms with van der Waals surface area (Å²) in [6, 6.07) is 2.36. The Morgan fingerprint density at radius 2 is 2.06 bits per heavy atom. The van der Waals surface area contributed by atoms with Gasteiger partial charge in [0.25, 0.3) is 0 Å². The normalized spacial score (nSPS) is 30.4. The van der Waals surface area contributed by atoms with E-state index >= 15 is 0 Å². The van der Waals surface area contributed by atoms with Crippen LogP contribution in [0.2, 0.25) is 0 Å². The Hall–Kier alpha value is -2.80. The molecule has 164 valence electrons. The summed E-state index contributed by atoms with van der Waals surface area (Å²) in [6.07, 6.45) is 14.3. The third-order valence-corrected chi connectivity index (χ3v) is 6.35. The molecule has 0 spiro atoms. The standard InChI is InChI=1S/C24H32N6O/c1-5-18-13-25-17(3)26-14-19(12-16(18)2)21-8-11-30-22(21)15-27-23(29-30)28-20-6-9-24(4,31)10-7-20/h8,11-16,20,31H,5-7,9-10H2,1-4H3,(H,28,29)/b18-13-,19-12+,25-17?,26-14?/t16-,20?,24?/m1/s1. The number of aromatic nitrogens is 3. The highest BCUT2D eigenvalue weighted by molar-refractivity contribution is 6.15. The van der Waals surface area contributed by atoms with Crippen LogP contribution in [0.25, 0.3) is 11.1 Å². The molecule has 4 rings (SSSR count). The molecule has 1 atom stereocenters. The van der Waals surface area contributed by atoms with Gasteiger partial charge in [-0.1, -0.05) is 19.9 Å². The Bertz CT molecular complexity index is 1060. The van der Waals surface area contributed by atoms with E-state index in [0.717, 1.165) is 54.6 Å². The van der Waals surface area contributed by atoms with E-state index in [2.05, 4.69) is 51.4 Å². The van der Waals surface area contributed by atoms with Crippen LogP contribution in [0.1, 0.15) is 65.4 Å². The van der Waals surface area contributed by atoms with E-state index in [9.17, 15) is 5.11 Å². The fourth-order valence-electron chi connectivity index (χ4n) is 4.26. The summed E-state index contributed by atoms with van der Waals surface area (Å²) < 4.78 is 1.87. The molecular formula is C24H32N6O. The number of anilines is 1. The lowest BCUT2D eigenvalue weighted by Crippen LogP contribution is -2.36. The van der Waals surface area contributed by atoms with Crippen molar-refractivity contribution in [3.63, 3.8) is 0 Å². The highest BCUT2D eigenvalue weighted by Gasteiger charge is 2.29. The first kappa shape index (κ1) is 21.4. The Morgan fingerprint density at radius 3 is 2.81 bits per heavy atom. The first-order chi connectivity index (χ1) is 14.8. The van der Waals surface area contributed by atoms with Crippen LogP contribution in [0.15, 0.2) is 46.3 Å². The Labute approximate surface area is 183 Å². The molecule has 0 bridgehead atoms. The van der Waals surface area contributed by atoms with Gasteiger partial charge >= 0.3 is 0 Å². The van der Waals surface area contributed by atoms with Crippen molar-refractivity contribution in [1.29, 1.82) is 0 Å². The van der Waals surface area contributed by atoms with Crippen LogP contribution >= 0.6 is 0 Å². The molecule has 7 heteroatoms. The van der Waals surface area contributed by atoms with Crippen LogP contribution < -0.4 is 5.32 Å². The second kappa shape index (κ2) is 8.75. The van der Waals surface area contributed by atoms with Gasteiger partial charge in [0, 0.05) is 30.2 Å². The fourth-order valence-corrected chi connectivity index (χ4v) is 4.26. The molecule has 0 amide bonds. The van der Waals surface area contributed by atoms with Gasteiger partial charge in [-0.25, -0.2) is 19.5 Å². The van der Waals surface area contributed by atoms with Gasteiger partial charge in [0.15, 0.2) is 0 Å². The van der Waals surface area contributed by atoms with E-state index in [-0.39, 0.29) is 5.92 Å². The van der Waals surface area contributed by atoms with E-state index < -0.39 is 5.60 Å². The van der Waals surface area contributed by atoms with Crippen LogP contribution in [0.3, 0.4) is 0 Å². The monoisotopic (exact) mass is 420 g/mol. The minimum absolute atomic E-state index is 0.265. The Balaban J connectivity index is 1.60. The SMILES string of the molecule is CC/C1=C/N=C(C)N=C/C(c2ccn3nc(NC4CCC(C)(O)CC4)ncc23)=C\[C@H]1C. The maximum atomic E-state index is 10.2. The molecule has 2 N–H and O–H groups in total. The van der Waals surface area contributed by atoms with Crippen molar-refractivity contribution in [2.24, 2.45) is 15.9 Å². The van der Waals surface area contributed by atoms with Gasteiger partial charge in [-0.15, -0.1) is 5.10 Å². The number of nitrogens with zero attached hydrogens (tertiary/aromatic N) is 5. The van der Waals surface area contributed by atoms with Gasteiger partial charge in [0.1, 0.15) is 5.84 Å². The molecule has 0 radical (unpaired) electrons. The molecule has 2 aromatic rings. The molecule has 1 fully saturated rings. The molecule has 31 heavy (non-hydrogen) atoms. The molecule has 1 aliphatic carbocycles. The van der Waals surface area contributed by atoms with Crippen molar-refractivity contribution in [3.8, 4) is 0 Å². The average Bonchev–Trinajstić information content (AvgIpc) is 3.17. The summed E-state index contributed by atoms with van der Waals surface area (Å²) in [6.45, 7) is 8.17. The molecule has 0 saturated heterocycles. The fraction of sp³-hybridized carbons (Fsp3) is 0.500. The van der Waals surface area contributed by atoms with Crippen LogP contribution in [0, 0.1) is 5.92 Å². The zero-order valence-electron chi connectivity index (χ0n) is 18.8. The number of nitrogens with one attached hydrogen (secondary N) is 1. The lowest BCUT2D eigenvalue weighted by atomic mass is 9.84. The predicted molar refractivity (Wildman–Crippen MR) is 127 cm³/mol. The second-order valence-electron chi connectivity index (χ2n) is 8.96. The number of hydrogen-bond donors (Lipinski definition) is 2. The maximum Gasteiger partial charge on any atom is 0.241 e. The van der Waals surface area contributed by atoms with Crippen LogP contribution in [-0.2, 0) is 0 Å². The van der Waals surface area contributed by atoms with Crippen LogP contribution in [0.4, 0.5) is 5.95 Å². The highest BCUT2D eigenvalue weighted by atomic mass is 16.3. The summed E-state index contributed by atoms with van der Waals surface area (Å²) in [7, 11) is 0. The van der Waals surface area contributed by atoms with Crippen molar-refractivity contribution in [2.75, 3.05) is 5.32 Å². The average molecular weight is 421 g/mol. The zero-order valence-corrected chi connectivity index (χ0v) is 18.8. The zero-order chi connectivity index (χ0) is 22.0. The van der Waals surface area contributed by atoms with Crippen molar-refractivity contribution in [3.05, 3.63) is 41.9 Å². The van der Waals surface area contributed by atoms with Gasteiger partial charge in [0.05, 0.1) is 17.3 Å². The molecular weight excluding hydrogens is 388 g/mol. The van der Waals surface area contributed by atoms with Crippen molar-refractivity contribution in [2.45, 2.75) is 71.4 Å². The summed E-state index contributed by atoms with van der Waals surface area (Å²) in [5.41, 5.74) is 3.78. The summed E-state index contributed by atoms with van der Waals surface area (Å²) in [5, 5.41) is 18.3. The summed E-state index contributed by atoms with van der Waals surface area (Å²) >= 11 is 0. The van der Waals surface area contributed by atoms with E-state index in [4.69, 9.17) is 0 Å². The largest absolute Gasteiger partial charge is 0.390 e. The Kier molecular flexibility index (Phi) is 6.05. The maximum absolute atomic E-state index is 10.2. The van der Waals surface area contributed by atoms with Crippen LogP contribution in [-0.4, -0.2) is 43.4 Å². The lowest BCUT2D eigenvalue weighted by molar-refractivity contribution is 0.0195. The minimum atomic E-state index is -0.545. The number of amidine groups is 1. The van der Waals surface area contributed by atoms with Gasteiger partial charge < -0.3 is 10.4 Å². The van der Waals surface area contributed by atoms with Crippen molar-refractivity contribution >= 4 is 29.1 Å². The van der Waals surface area contributed by atoms with Gasteiger partial charge in [-0.05, 0) is 69.1 Å². The van der Waals surface area contributed by atoms with Gasteiger partial charge in [0.2, 0.25) is 5.95 Å². The number of aliphatic hydroxyl groups is 1. The minimum Gasteiger partial charge on any atom is -0.390 e. The third kappa shape index (κ3) is 4.93. The smallest absolute Gasteiger partial charge is 0.241 e. The first-order valence-electron chi connectivity index (χ1n) is 11.2. The molecule has 1 saturated carbocycles. The van der Waals surface area contributed by atoms with E-state index in [1.165, 1.54) is 5.57 Å². The lowest BCUT2D eigenvalue weighted by Gasteiger charge is -2.33. The predicted octanol–water partition coefficient (Wildman–Crippen LogP) is 4.65. The van der Waals surface area contributed by atoms with E-state index in [1.54, 1.807) is 0 Å². The van der Waals surface area contributed by atoms with Crippen molar-refractivity contribution < 1.29 is 5.11 Å². The molecule has 2 aromatic heterocycles. The second-order valence-corrected chi connectivity index (χ2v) is 8.96. The molecule has 7 nitrogen and oxygen atoms in total. The van der Waals surface area contributed by atoms with Crippen molar-refractivity contribution in [1.82, 2.24) is 14.6 Å². The van der Waals surface area contributed by atoms with E-state index in [0.29, 0.717) is 12.0 Å². The number of hydrogen-bond acceptors (Lipinski definition) is 6. The first-order valence-corrected chi connectivity index (χ1v) is 11.2. The summed E-state index contributed by atoms with van der Waals surface area (Å²) in [5.74, 6) is 1.62. The topological polar surface area (TPSA) is 87.2 Å². The molecule has 1 aliphatic heterocycles. The van der Waals surface area contributed by atoms with Gasteiger partial charge in [-0.2, -0.15) is 0 Å². The molecule has 2 aliphatic rings. The number of fused-ring (bicyclic) bond motifs is 1. The van der Waals surface area contributed by atoms with Crippen LogP contribution in [0.5, 0.6) is 0 Å². The molecule has 0 unspecified atom stereocenters. The third-order valence-electron chi connectivity index (χ3n) is 6.35. The van der Waals surface area contributed by atoms with Gasteiger partial charge in [-0.3, -0.25) is 0 Å².